The van der Waals surface area contributed by atoms with E-state index in [-0.39, 0.29) is 0 Å². The molecule has 0 bridgehead atoms. The fourth-order valence-electron chi connectivity index (χ4n) is 8.28. The molecule has 0 fully saturated rings. The Morgan fingerprint density at radius 3 is 1.94 bits per heavy atom. The van der Waals surface area contributed by atoms with E-state index in [0.29, 0.717) is 0 Å². The molecule has 3 heteroatoms. The number of fused-ring (bicyclic) bond motifs is 9. The van der Waals surface area contributed by atoms with E-state index in [1.165, 1.54) is 80.3 Å². The Hall–Kier alpha value is -6.68. The first kappa shape index (κ1) is 30.0. The summed E-state index contributed by atoms with van der Waals surface area (Å²) < 4.78 is 5.00. The number of para-hydroxylation sites is 2. The molecule has 0 N–H and O–H groups in total. The molecule has 0 amide bonds. The molecule has 0 aliphatic rings. The van der Waals surface area contributed by atoms with Crippen molar-refractivity contribution in [2.75, 3.05) is 4.90 Å². The van der Waals surface area contributed by atoms with E-state index in [1.54, 1.807) is 0 Å². The number of benzene rings is 9. The molecule has 0 aliphatic heterocycles. The molecular formula is C50H32N2S. The minimum Gasteiger partial charge on any atom is -0.310 e. The highest BCUT2D eigenvalue weighted by molar-refractivity contribution is 7.26. The second-order valence-electron chi connectivity index (χ2n) is 13.7. The fourth-order valence-corrected chi connectivity index (χ4v) is 9.53. The molecule has 0 radical (unpaired) electrons. The van der Waals surface area contributed by atoms with E-state index in [4.69, 9.17) is 0 Å². The van der Waals surface area contributed by atoms with Gasteiger partial charge in [0.2, 0.25) is 0 Å². The minimum atomic E-state index is 1.12. The Bertz CT molecular complexity index is 3170. The predicted molar refractivity (Wildman–Crippen MR) is 229 cm³/mol. The zero-order valence-electron chi connectivity index (χ0n) is 28.8. The van der Waals surface area contributed by atoms with Crippen LogP contribution in [0.5, 0.6) is 0 Å². The Balaban J connectivity index is 1.15. The van der Waals surface area contributed by atoms with Crippen LogP contribution in [0.25, 0.3) is 80.3 Å². The molecule has 2 heterocycles. The second-order valence-corrected chi connectivity index (χ2v) is 14.8. The predicted octanol–water partition coefficient (Wildman–Crippen LogP) is 14.6. The van der Waals surface area contributed by atoms with Crippen LogP contribution in [0.1, 0.15) is 0 Å². The first-order valence-corrected chi connectivity index (χ1v) is 18.9. The molecule has 0 aliphatic carbocycles. The van der Waals surface area contributed by atoms with Crippen LogP contribution in [0.3, 0.4) is 0 Å². The number of thiophene rings is 1. The first-order valence-electron chi connectivity index (χ1n) is 18.1. The van der Waals surface area contributed by atoms with Crippen molar-refractivity contribution in [2.45, 2.75) is 0 Å². The number of anilines is 3. The molecule has 0 saturated heterocycles. The average molecular weight is 693 g/mol. The first-order chi connectivity index (χ1) is 26.3. The highest BCUT2D eigenvalue weighted by atomic mass is 32.1. The van der Waals surface area contributed by atoms with Gasteiger partial charge in [-0.25, -0.2) is 0 Å². The molecule has 2 aromatic heterocycles. The molecule has 0 unspecified atom stereocenters. The lowest BCUT2D eigenvalue weighted by atomic mass is 10.0. The number of nitrogens with zero attached hydrogens (tertiary/aromatic N) is 2. The summed E-state index contributed by atoms with van der Waals surface area (Å²) in [4.78, 5) is 2.46. The van der Waals surface area contributed by atoms with Crippen LogP contribution < -0.4 is 4.90 Å². The maximum absolute atomic E-state index is 2.46. The van der Waals surface area contributed by atoms with Gasteiger partial charge in [-0.1, -0.05) is 127 Å². The summed E-state index contributed by atoms with van der Waals surface area (Å²) in [6.07, 6.45) is 0. The molecular weight excluding hydrogens is 661 g/mol. The largest absolute Gasteiger partial charge is 0.310 e. The summed E-state index contributed by atoms with van der Waals surface area (Å²) in [5.41, 5.74) is 9.39. The molecule has 53 heavy (non-hydrogen) atoms. The average Bonchev–Trinajstić information content (AvgIpc) is 3.78. The highest BCUT2D eigenvalue weighted by Crippen LogP contribution is 2.47. The van der Waals surface area contributed by atoms with Crippen LogP contribution in [0.2, 0.25) is 0 Å². The number of rotatable bonds is 5. The summed E-state index contributed by atoms with van der Waals surface area (Å²) >= 11 is 1.89. The van der Waals surface area contributed by atoms with Gasteiger partial charge in [0.05, 0.1) is 16.7 Å². The van der Waals surface area contributed by atoms with Crippen molar-refractivity contribution in [3.63, 3.8) is 0 Å². The van der Waals surface area contributed by atoms with Gasteiger partial charge in [-0.15, -0.1) is 11.3 Å². The van der Waals surface area contributed by atoms with Crippen molar-refractivity contribution < 1.29 is 0 Å². The number of hydrogen-bond acceptors (Lipinski definition) is 2. The fraction of sp³-hybridized carbons (Fsp3) is 0. The summed E-state index contributed by atoms with van der Waals surface area (Å²) in [5.74, 6) is 0. The highest BCUT2D eigenvalue weighted by Gasteiger charge is 2.21. The van der Waals surface area contributed by atoms with Crippen LogP contribution in [0.15, 0.2) is 194 Å². The van der Waals surface area contributed by atoms with Crippen molar-refractivity contribution in [1.82, 2.24) is 4.57 Å². The molecule has 0 spiro atoms. The van der Waals surface area contributed by atoms with Crippen molar-refractivity contribution in [3.05, 3.63) is 194 Å². The zero-order valence-corrected chi connectivity index (χ0v) is 29.6. The van der Waals surface area contributed by atoms with Crippen molar-refractivity contribution >= 4 is 91.9 Å². The SMILES string of the molecule is c1ccc(-n2c3ccccc3c3cc(N(c4ccc(-c5ccc6ccccc6c5)cc4)c4cccc5sc6c7ccccc7ccc6c45)ccc32)cc1. The molecule has 248 valence electrons. The zero-order chi connectivity index (χ0) is 34.9. The second kappa shape index (κ2) is 11.9. The van der Waals surface area contributed by atoms with Gasteiger partial charge in [-0.2, -0.15) is 0 Å². The smallest absolute Gasteiger partial charge is 0.0554 e. The maximum atomic E-state index is 2.46. The van der Waals surface area contributed by atoms with Crippen LogP contribution in [0.4, 0.5) is 17.1 Å². The lowest BCUT2D eigenvalue weighted by Crippen LogP contribution is -2.10. The summed E-state index contributed by atoms with van der Waals surface area (Å²) in [6.45, 7) is 0. The van der Waals surface area contributed by atoms with E-state index < -0.39 is 0 Å². The van der Waals surface area contributed by atoms with Gasteiger partial charge in [0, 0.05) is 48.0 Å². The van der Waals surface area contributed by atoms with Gasteiger partial charge in [-0.3, -0.25) is 0 Å². The molecule has 11 rings (SSSR count). The quantitative estimate of drug-likeness (QED) is 0.174. The molecule has 0 atom stereocenters. The Labute approximate surface area is 311 Å². The summed E-state index contributed by atoms with van der Waals surface area (Å²) in [5, 5.41) is 10.1. The van der Waals surface area contributed by atoms with Crippen molar-refractivity contribution in [1.29, 1.82) is 0 Å². The summed E-state index contributed by atoms with van der Waals surface area (Å²) in [6, 6.07) is 71.0. The Morgan fingerprint density at radius 2 is 1.08 bits per heavy atom. The van der Waals surface area contributed by atoms with Crippen molar-refractivity contribution in [3.8, 4) is 16.8 Å². The number of hydrogen-bond donors (Lipinski definition) is 0. The van der Waals surface area contributed by atoms with E-state index in [9.17, 15) is 0 Å². The van der Waals surface area contributed by atoms with E-state index >= 15 is 0 Å². The van der Waals surface area contributed by atoms with E-state index in [0.717, 1.165) is 17.1 Å². The van der Waals surface area contributed by atoms with Crippen LogP contribution in [0, 0.1) is 0 Å². The monoisotopic (exact) mass is 692 g/mol. The molecule has 2 nitrogen and oxygen atoms in total. The Kier molecular flexibility index (Phi) is 6.76. The van der Waals surface area contributed by atoms with Gasteiger partial charge < -0.3 is 9.47 Å². The Morgan fingerprint density at radius 1 is 0.396 bits per heavy atom. The molecule has 11 aromatic rings. The molecule has 0 saturated carbocycles. The standard InChI is InChI=1S/C50H32N2S/c1-2-14-38(15-3-1)52-45-18-9-8-17-42(45)44-32-40(28-30-46(44)52)51(39-26-23-34(24-27-39)37-22-21-33-11-4-5-13-36(33)31-37)47-19-10-20-48-49(47)43-29-25-35-12-6-7-16-41(35)50(43)53-48/h1-32H. The van der Waals surface area contributed by atoms with Gasteiger partial charge >= 0.3 is 0 Å². The van der Waals surface area contributed by atoms with Crippen LogP contribution in [-0.4, -0.2) is 4.57 Å². The third-order valence-corrected chi connectivity index (χ3v) is 11.9. The number of aromatic nitrogens is 1. The van der Waals surface area contributed by atoms with Gasteiger partial charge in [0.15, 0.2) is 0 Å². The lowest BCUT2D eigenvalue weighted by Gasteiger charge is -2.27. The normalized spacial score (nSPS) is 11.8. The van der Waals surface area contributed by atoms with E-state index in [2.05, 4.69) is 204 Å². The van der Waals surface area contributed by atoms with Crippen LogP contribution in [-0.2, 0) is 0 Å². The van der Waals surface area contributed by atoms with Gasteiger partial charge in [-0.05, 0) is 99.4 Å². The van der Waals surface area contributed by atoms with E-state index in [1.807, 2.05) is 11.3 Å². The summed E-state index contributed by atoms with van der Waals surface area (Å²) in [7, 11) is 0. The van der Waals surface area contributed by atoms with Gasteiger partial charge in [0.1, 0.15) is 0 Å². The topological polar surface area (TPSA) is 8.17 Å². The van der Waals surface area contributed by atoms with Crippen LogP contribution >= 0.6 is 11.3 Å². The minimum absolute atomic E-state index is 1.12. The lowest BCUT2D eigenvalue weighted by molar-refractivity contribution is 1.18. The van der Waals surface area contributed by atoms with Crippen molar-refractivity contribution in [2.24, 2.45) is 0 Å². The van der Waals surface area contributed by atoms with Gasteiger partial charge in [0.25, 0.3) is 0 Å². The molecule has 9 aromatic carbocycles. The third-order valence-electron chi connectivity index (χ3n) is 10.7. The maximum Gasteiger partial charge on any atom is 0.0554 e. The third kappa shape index (κ3) is 4.78.